The van der Waals surface area contributed by atoms with Crippen molar-refractivity contribution in [3.63, 3.8) is 0 Å². The molecule has 0 spiro atoms. The normalized spacial score (nSPS) is 16.0. The molecule has 0 bridgehead atoms. The van der Waals surface area contributed by atoms with Gasteiger partial charge in [0.1, 0.15) is 23.7 Å². The summed E-state index contributed by atoms with van der Waals surface area (Å²) in [5.41, 5.74) is 2.89. The molecule has 1 saturated heterocycles. The second-order valence-corrected chi connectivity index (χ2v) is 9.23. The van der Waals surface area contributed by atoms with Gasteiger partial charge in [-0.1, -0.05) is 29.8 Å². The first kappa shape index (κ1) is 23.3. The molecule has 33 heavy (non-hydrogen) atoms. The highest BCUT2D eigenvalue weighted by molar-refractivity contribution is 5.28. The molecule has 2 aromatic carbocycles. The zero-order chi connectivity index (χ0) is 23.1. The summed E-state index contributed by atoms with van der Waals surface area (Å²) in [7, 11) is 0. The van der Waals surface area contributed by atoms with Gasteiger partial charge in [-0.25, -0.2) is 0 Å². The van der Waals surface area contributed by atoms with E-state index in [1.54, 1.807) is 0 Å². The molecular weight excluding hydrogens is 414 g/mol. The summed E-state index contributed by atoms with van der Waals surface area (Å²) in [6.45, 7) is 8.59. The maximum absolute atomic E-state index is 10.9. The van der Waals surface area contributed by atoms with Crippen molar-refractivity contribution in [3.8, 4) is 11.5 Å². The third-order valence-corrected chi connectivity index (χ3v) is 6.21. The van der Waals surface area contributed by atoms with Crippen LogP contribution in [0.5, 0.6) is 11.5 Å². The highest BCUT2D eigenvalue weighted by Gasteiger charge is 2.33. The van der Waals surface area contributed by atoms with Crippen LogP contribution in [0, 0.1) is 13.8 Å². The predicted molar refractivity (Wildman–Crippen MR) is 130 cm³/mol. The highest BCUT2D eigenvalue weighted by Crippen LogP contribution is 2.25. The summed E-state index contributed by atoms with van der Waals surface area (Å²) < 4.78 is 13.7. The van der Waals surface area contributed by atoms with Crippen LogP contribution in [0.25, 0.3) is 0 Å². The maximum Gasteiger partial charge on any atom is 0.119 e. The molecule has 176 valence electrons. The molecule has 1 fully saturated rings. The monoisotopic (exact) mass is 449 g/mol. The topological polar surface area (TPSA) is 59.8 Å². The number of rotatable bonds is 10. The number of nitrogens with zero attached hydrogens (tertiary/aromatic N) is 3. The molecule has 1 aliphatic heterocycles. The summed E-state index contributed by atoms with van der Waals surface area (Å²) in [6, 6.07) is 16.3. The largest absolute Gasteiger partial charge is 0.494 e. The Hall–Kier alpha value is -2.83. The van der Waals surface area contributed by atoms with Crippen molar-refractivity contribution in [3.05, 3.63) is 77.6 Å². The Morgan fingerprint density at radius 1 is 0.909 bits per heavy atom. The van der Waals surface area contributed by atoms with E-state index in [4.69, 9.17) is 9.47 Å². The van der Waals surface area contributed by atoms with Gasteiger partial charge < -0.3 is 14.6 Å². The van der Waals surface area contributed by atoms with Crippen LogP contribution in [0.15, 0.2) is 60.9 Å². The Morgan fingerprint density at radius 2 is 1.58 bits per heavy atom. The lowest BCUT2D eigenvalue weighted by Crippen LogP contribution is -2.47. The molecule has 3 aromatic rings. The standard InChI is InChI=1S/C27H35N3O3/c1-22-4-8-26(9-5-22)33-21-27(31)12-15-29(16-13-27)20-24-6-10-25(11-7-24)32-17-3-14-30-19-23(2)18-28-30/h4-11,18-19,31H,3,12-17,20-21H2,1-2H3. The van der Waals surface area contributed by atoms with E-state index in [0.29, 0.717) is 13.2 Å². The van der Waals surface area contributed by atoms with Gasteiger partial charge in [-0.05, 0) is 62.1 Å². The Kier molecular flexibility index (Phi) is 7.68. The predicted octanol–water partition coefficient (Wildman–Crippen LogP) is 4.37. The lowest BCUT2D eigenvalue weighted by atomic mass is 9.92. The molecule has 0 amide bonds. The van der Waals surface area contributed by atoms with Gasteiger partial charge >= 0.3 is 0 Å². The van der Waals surface area contributed by atoms with Gasteiger partial charge in [0, 0.05) is 38.8 Å². The van der Waals surface area contributed by atoms with Gasteiger partial charge in [-0.15, -0.1) is 0 Å². The van der Waals surface area contributed by atoms with Gasteiger partial charge in [-0.2, -0.15) is 5.10 Å². The molecule has 1 aromatic heterocycles. The molecule has 1 N–H and O–H groups in total. The average Bonchev–Trinajstić information content (AvgIpc) is 3.24. The maximum atomic E-state index is 10.9. The van der Waals surface area contributed by atoms with Crippen molar-refractivity contribution in [2.75, 3.05) is 26.3 Å². The van der Waals surface area contributed by atoms with Crippen molar-refractivity contribution in [2.45, 2.75) is 51.8 Å². The molecule has 0 aliphatic carbocycles. The van der Waals surface area contributed by atoms with Gasteiger partial charge in [0.25, 0.3) is 0 Å². The van der Waals surface area contributed by atoms with E-state index in [2.05, 4.69) is 29.1 Å². The van der Waals surface area contributed by atoms with Crippen molar-refractivity contribution >= 4 is 0 Å². The molecule has 6 nitrogen and oxygen atoms in total. The summed E-state index contributed by atoms with van der Waals surface area (Å²) in [4.78, 5) is 2.39. The first-order valence-electron chi connectivity index (χ1n) is 11.8. The number of hydrogen-bond acceptors (Lipinski definition) is 5. The Balaban J connectivity index is 1.15. The number of benzene rings is 2. The third kappa shape index (κ3) is 7.07. The lowest BCUT2D eigenvalue weighted by Gasteiger charge is -2.38. The number of piperidine rings is 1. The zero-order valence-corrected chi connectivity index (χ0v) is 19.7. The van der Waals surface area contributed by atoms with Crippen LogP contribution in [0.1, 0.15) is 36.0 Å². The minimum atomic E-state index is -0.756. The van der Waals surface area contributed by atoms with E-state index in [0.717, 1.165) is 56.9 Å². The Bertz CT molecular complexity index is 990. The molecule has 2 heterocycles. The Labute approximate surface area is 196 Å². The number of likely N-dealkylation sites (tertiary alicyclic amines) is 1. The molecule has 0 atom stereocenters. The van der Waals surface area contributed by atoms with E-state index in [-0.39, 0.29) is 0 Å². The molecule has 6 heteroatoms. The minimum absolute atomic E-state index is 0.343. The number of hydrogen-bond donors (Lipinski definition) is 1. The first-order valence-corrected chi connectivity index (χ1v) is 11.8. The van der Waals surface area contributed by atoms with Crippen LogP contribution in [0.3, 0.4) is 0 Å². The summed E-state index contributed by atoms with van der Waals surface area (Å²) >= 11 is 0. The van der Waals surface area contributed by atoms with Gasteiger partial charge in [0.15, 0.2) is 0 Å². The van der Waals surface area contributed by atoms with Crippen LogP contribution in [-0.2, 0) is 13.1 Å². The minimum Gasteiger partial charge on any atom is -0.494 e. The second-order valence-electron chi connectivity index (χ2n) is 9.23. The fraction of sp³-hybridized carbons (Fsp3) is 0.444. The second kappa shape index (κ2) is 10.9. The van der Waals surface area contributed by atoms with Crippen molar-refractivity contribution in [1.82, 2.24) is 14.7 Å². The van der Waals surface area contributed by atoms with Crippen molar-refractivity contribution < 1.29 is 14.6 Å². The summed E-state index contributed by atoms with van der Waals surface area (Å²) in [6.07, 6.45) is 6.29. The smallest absolute Gasteiger partial charge is 0.119 e. The van der Waals surface area contributed by atoms with E-state index in [9.17, 15) is 5.11 Å². The molecular formula is C27H35N3O3. The average molecular weight is 450 g/mol. The molecule has 4 rings (SSSR count). The first-order chi connectivity index (χ1) is 16.0. The number of ether oxygens (including phenoxy) is 2. The summed E-state index contributed by atoms with van der Waals surface area (Å²) in [5, 5.41) is 15.2. The zero-order valence-electron chi connectivity index (χ0n) is 19.7. The van der Waals surface area contributed by atoms with Crippen LogP contribution in [0.4, 0.5) is 0 Å². The van der Waals surface area contributed by atoms with Crippen LogP contribution in [0.2, 0.25) is 0 Å². The van der Waals surface area contributed by atoms with Crippen molar-refractivity contribution in [1.29, 1.82) is 0 Å². The van der Waals surface area contributed by atoms with E-state index >= 15 is 0 Å². The molecule has 1 aliphatic rings. The third-order valence-electron chi connectivity index (χ3n) is 6.21. The van der Waals surface area contributed by atoms with Crippen LogP contribution < -0.4 is 9.47 Å². The van der Waals surface area contributed by atoms with E-state index < -0.39 is 5.60 Å². The molecule has 0 radical (unpaired) electrons. The van der Waals surface area contributed by atoms with Gasteiger partial charge in [-0.3, -0.25) is 9.58 Å². The summed E-state index contributed by atoms with van der Waals surface area (Å²) in [5.74, 6) is 1.71. The number of aryl methyl sites for hydroxylation is 3. The van der Waals surface area contributed by atoms with Crippen LogP contribution >= 0.6 is 0 Å². The fourth-order valence-corrected chi connectivity index (χ4v) is 4.08. The van der Waals surface area contributed by atoms with Crippen LogP contribution in [-0.4, -0.2) is 51.7 Å². The van der Waals surface area contributed by atoms with Gasteiger partial charge in [0.05, 0.1) is 12.8 Å². The number of aromatic nitrogens is 2. The molecule has 0 saturated carbocycles. The van der Waals surface area contributed by atoms with E-state index in [1.165, 1.54) is 16.7 Å². The SMILES string of the molecule is Cc1ccc(OCC2(O)CCN(Cc3ccc(OCCCn4cc(C)cn4)cc3)CC2)cc1. The number of aliphatic hydroxyl groups is 1. The van der Waals surface area contributed by atoms with Gasteiger partial charge in [0.2, 0.25) is 0 Å². The lowest BCUT2D eigenvalue weighted by molar-refractivity contribution is -0.0537. The van der Waals surface area contributed by atoms with Crippen molar-refractivity contribution in [2.24, 2.45) is 0 Å². The highest BCUT2D eigenvalue weighted by atomic mass is 16.5. The Morgan fingerprint density at radius 3 is 2.24 bits per heavy atom. The quantitative estimate of drug-likeness (QED) is 0.466. The fourth-order valence-electron chi connectivity index (χ4n) is 4.08. The molecule has 0 unspecified atom stereocenters. The van der Waals surface area contributed by atoms with E-state index in [1.807, 2.05) is 60.4 Å².